The van der Waals surface area contributed by atoms with E-state index in [1.807, 2.05) is 0 Å². The fourth-order valence-electron chi connectivity index (χ4n) is 2.81. The fraction of sp³-hybridized carbons (Fsp3) is 0.562. The molecule has 1 heterocycles. The highest BCUT2D eigenvalue weighted by atomic mass is 35.5. The first-order chi connectivity index (χ1) is 11.3. The number of hydrogen-bond acceptors (Lipinski definition) is 3. The van der Waals surface area contributed by atoms with Crippen LogP contribution in [0.3, 0.4) is 0 Å². The van der Waals surface area contributed by atoms with Gasteiger partial charge in [-0.1, -0.05) is 25.4 Å². The van der Waals surface area contributed by atoms with Crippen LogP contribution in [-0.2, 0) is 10.0 Å². The monoisotopic (exact) mass is 374 g/mol. The SMILES string of the molecule is CCN(CC)S(=O)(=O)c1cc(C(=O)N2CC[NH+](C)CC2)ccc1Cl. The summed E-state index contributed by atoms with van der Waals surface area (Å²) < 4.78 is 26.8. The Morgan fingerprint density at radius 2 is 1.83 bits per heavy atom. The number of halogens is 1. The molecule has 0 atom stereocenters. The summed E-state index contributed by atoms with van der Waals surface area (Å²) in [6.45, 7) is 7.39. The summed E-state index contributed by atoms with van der Waals surface area (Å²) in [5.41, 5.74) is 0.365. The Bertz CT molecular complexity index is 697. The molecule has 1 aliphatic heterocycles. The lowest BCUT2D eigenvalue weighted by molar-refractivity contribution is -0.883. The first-order valence-corrected chi connectivity index (χ1v) is 10.0. The molecule has 1 N–H and O–H groups in total. The number of hydrogen-bond donors (Lipinski definition) is 1. The standard InChI is InChI=1S/C16H24ClN3O3S/c1-4-20(5-2)24(22,23)15-12-13(6-7-14(15)17)16(21)19-10-8-18(3)9-11-19/h6-7,12H,4-5,8-11H2,1-3H3/p+1. The van der Waals surface area contributed by atoms with Crippen molar-refractivity contribution in [1.82, 2.24) is 9.21 Å². The summed E-state index contributed by atoms with van der Waals surface area (Å²) in [4.78, 5) is 15.8. The number of carbonyl (C=O) groups is 1. The number of piperazine rings is 1. The van der Waals surface area contributed by atoms with E-state index >= 15 is 0 Å². The molecule has 0 aromatic heterocycles. The number of amides is 1. The van der Waals surface area contributed by atoms with Crippen LogP contribution in [0.5, 0.6) is 0 Å². The Kier molecular flexibility index (Phi) is 6.25. The van der Waals surface area contributed by atoms with Crippen LogP contribution in [0.2, 0.25) is 5.02 Å². The molecule has 0 unspecified atom stereocenters. The van der Waals surface area contributed by atoms with Crippen LogP contribution in [0, 0.1) is 0 Å². The van der Waals surface area contributed by atoms with Crippen LogP contribution in [0.25, 0.3) is 0 Å². The minimum Gasteiger partial charge on any atom is -0.334 e. The van der Waals surface area contributed by atoms with Gasteiger partial charge in [0.15, 0.2) is 0 Å². The number of carbonyl (C=O) groups excluding carboxylic acids is 1. The first-order valence-electron chi connectivity index (χ1n) is 8.21. The molecule has 1 aromatic carbocycles. The minimum absolute atomic E-state index is 0.00142. The maximum atomic E-state index is 12.7. The Hall–Kier alpha value is -1.15. The van der Waals surface area contributed by atoms with Gasteiger partial charge in [-0.2, -0.15) is 4.31 Å². The Morgan fingerprint density at radius 1 is 1.25 bits per heavy atom. The zero-order valence-corrected chi connectivity index (χ0v) is 16.0. The van der Waals surface area contributed by atoms with Gasteiger partial charge in [0, 0.05) is 18.7 Å². The van der Waals surface area contributed by atoms with Gasteiger partial charge in [-0.05, 0) is 18.2 Å². The molecule has 134 valence electrons. The minimum atomic E-state index is -3.70. The highest BCUT2D eigenvalue weighted by Crippen LogP contribution is 2.26. The molecule has 24 heavy (non-hydrogen) atoms. The van der Waals surface area contributed by atoms with E-state index in [1.165, 1.54) is 21.3 Å². The predicted molar refractivity (Wildman–Crippen MR) is 94.1 cm³/mol. The number of sulfonamides is 1. The molecule has 0 spiro atoms. The lowest BCUT2D eigenvalue weighted by Crippen LogP contribution is -3.12. The zero-order chi connectivity index (χ0) is 17.9. The van der Waals surface area contributed by atoms with E-state index in [2.05, 4.69) is 7.05 Å². The molecule has 6 nitrogen and oxygen atoms in total. The lowest BCUT2D eigenvalue weighted by atomic mass is 10.2. The molecule has 0 aliphatic carbocycles. The molecule has 1 saturated heterocycles. The van der Waals surface area contributed by atoms with Crippen molar-refractivity contribution < 1.29 is 18.1 Å². The van der Waals surface area contributed by atoms with Crippen LogP contribution in [0.15, 0.2) is 23.1 Å². The van der Waals surface area contributed by atoms with E-state index in [0.717, 1.165) is 13.1 Å². The van der Waals surface area contributed by atoms with Gasteiger partial charge in [0.2, 0.25) is 10.0 Å². The quantitative estimate of drug-likeness (QED) is 0.808. The Labute approximate surface area is 149 Å². The second-order valence-electron chi connectivity index (χ2n) is 5.98. The largest absolute Gasteiger partial charge is 0.334 e. The van der Waals surface area contributed by atoms with Crippen molar-refractivity contribution in [2.45, 2.75) is 18.7 Å². The van der Waals surface area contributed by atoms with Gasteiger partial charge in [0.05, 0.1) is 38.2 Å². The summed E-state index contributed by atoms with van der Waals surface area (Å²) in [6.07, 6.45) is 0. The highest BCUT2D eigenvalue weighted by Gasteiger charge is 2.27. The highest BCUT2D eigenvalue weighted by molar-refractivity contribution is 7.89. The summed E-state index contributed by atoms with van der Waals surface area (Å²) in [5.74, 6) is -0.143. The third kappa shape index (κ3) is 3.91. The Balaban J connectivity index is 2.33. The molecule has 2 rings (SSSR count). The number of likely N-dealkylation sites (N-methyl/N-ethyl adjacent to an activating group) is 1. The van der Waals surface area contributed by atoms with Crippen molar-refractivity contribution in [3.05, 3.63) is 28.8 Å². The maximum absolute atomic E-state index is 12.7. The van der Waals surface area contributed by atoms with Crippen molar-refractivity contribution in [2.24, 2.45) is 0 Å². The summed E-state index contributed by atoms with van der Waals surface area (Å²) in [7, 11) is -1.60. The first kappa shape index (κ1) is 19.2. The molecule has 1 aliphatic rings. The average Bonchev–Trinajstić information content (AvgIpc) is 2.56. The van der Waals surface area contributed by atoms with Crippen LogP contribution in [0.1, 0.15) is 24.2 Å². The molecule has 0 saturated carbocycles. The summed E-state index contributed by atoms with van der Waals surface area (Å²) in [6, 6.07) is 4.49. The molecule has 1 fully saturated rings. The smallest absolute Gasteiger partial charge is 0.254 e. The van der Waals surface area contributed by atoms with E-state index in [0.29, 0.717) is 31.7 Å². The topological polar surface area (TPSA) is 62.1 Å². The maximum Gasteiger partial charge on any atom is 0.254 e. The normalized spacial score (nSPS) is 16.6. The van der Waals surface area contributed by atoms with E-state index in [-0.39, 0.29) is 15.8 Å². The van der Waals surface area contributed by atoms with Gasteiger partial charge in [-0.25, -0.2) is 8.42 Å². The molecule has 0 radical (unpaired) electrons. The van der Waals surface area contributed by atoms with Gasteiger partial charge >= 0.3 is 0 Å². The van der Waals surface area contributed by atoms with Gasteiger partial charge in [0.1, 0.15) is 4.90 Å². The van der Waals surface area contributed by atoms with Crippen LogP contribution in [-0.4, -0.2) is 69.8 Å². The molecule has 8 heteroatoms. The molecule has 1 amide bonds. The predicted octanol–water partition coefficient (Wildman–Crippen LogP) is 0.341. The van der Waals surface area contributed by atoms with Crippen LogP contribution < -0.4 is 4.90 Å². The lowest BCUT2D eigenvalue weighted by Gasteiger charge is -2.30. The van der Waals surface area contributed by atoms with Crippen LogP contribution >= 0.6 is 11.6 Å². The fourth-order valence-corrected chi connectivity index (χ4v) is 4.77. The summed E-state index contributed by atoms with van der Waals surface area (Å²) >= 11 is 6.11. The van der Waals surface area contributed by atoms with Crippen molar-refractivity contribution >= 4 is 27.5 Å². The summed E-state index contributed by atoms with van der Waals surface area (Å²) in [5, 5.41) is 0.140. The van der Waals surface area contributed by atoms with Crippen molar-refractivity contribution in [3.8, 4) is 0 Å². The van der Waals surface area contributed by atoms with E-state index in [4.69, 9.17) is 11.6 Å². The number of nitrogens with one attached hydrogen (secondary N) is 1. The average molecular weight is 375 g/mol. The number of rotatable bonds is 5. The van der Waals surface area contributed by atoms with Crippen LogP contribution in [0.4, 0.5) is 0 Å². The van der Waals surface area contributed by atoms with Crippen molar-refractivity contribution in [3.63, 3.8) is 0 Å². The second kappa shape index (κ2) is 7.82. The third-order valence-electron chi connectivity index (χ3n) is 4.41. The van der Waals surface area contributed by atoms with Gasteiger partial charge in [-0.3, -0.25) is 4.79 Å². The molecule has 1 aromatic rings. The molecule has 0 bridgehead atoms. The van der Waals surface area contributed by atoms with Crippen molar-refractivity contribution in [1.29, 1.82) is 0 Å². The second-order valence-corrected chi connectivity index (χ2v) is 8.30. The third-order valence-corrected chi connectivity index (χ3v) is 6.94. The number of quaternary nitrogens is 1. The van der Waals surface area contributed by atoms with Gasteiger partial charge in [0.25, 0.3) is 5.91 Å². The van der Waals surface area contributed by atoms with Crippen molar-refractivity contribution in [2.75, 3.05) is 46.3 Å². The Morgan fingerprint density at radius 3 is 2.38 bits per heavy atom. The zero-order valence-electron chi connectivity index (χ0n) is 14.4. The van der Waals surface area contributed by atoms with Gasteiger partial charge < -0.3 is 9.80 Å². The van der Waals surface area contributed by atoms with E-state index in [1.54, 1.807) is 24.8 Å². The molecular weight excluding hydrogens is 350 g/mol. The van der Waals surface area contributed by atoms with E-state index in [9.17, 15) is 13.2 Å². The number of benzene rings is 1. The van der Waals surface area contributed by atoms with E-state index < -0.39 is 10.0 Å². The number of nitrogens with zero attached hydrogens (tertiary/aromatic N) is 2. The van der Waals surface area contributed by atoms with Gasteiger partial charge in [-0.15, -0.1) is 0 Å². The molecular formula is C16H25ClN3O3S+.